The van der Waals surface area contributed by atoms with Gasteiger partial charge in [0, 0.05) is 53.6 Å². The molecule has 0 aliphatic rings. The van der Waals surface area contributed by atoms with Crippen LogP contribution in [0.5, 0.6) is 0 Å². The first kappa shape index (κ1) is 23.6. The largest absolute Gasteiger partial charge is 0.326 e. The van der Waals surface area contributed by atoms with Gasteiger partial charge in [-0.05, 0) is 60.5 Å². The molecule has 0 radical (unpaired) electrons. The third kappa shape index (κ3) is 6.51. The minimum atomic E-state index is -0.272. The molecule has 4 rings (SSSR count). The quantitative estimate of drug-likeness (QED) is 0.333. The average Bonchev–Trinajstić information content (AvgIpc) is 3.29. The van der Waals surface area contributed by atoms with Gasteiger partial charge >= 0.3 is 0 Å². The van der Waals surface area contributed by atoms with Gasteiger partial charge in [-0.3, -0.25) is 14.6 Å². The summed E-state index contributed by atoms with van der Waals surface area (Å²) in [5, 5.41) is 10.4. The minimum Gasteiger partial charge on any atom is -0.326 e. The molecule has 0 atom stereocenters. The fourth-order valence-electron chi connectivity index (χ4n) is 3.52. The summed E-state index contributed by atoms with van der Waals surface area (Å²) in [4.78, 5) is 28.7. The summed E-state index contributed by atoms with van der Waals surface area (Å²) in [5.41, 5.74) is 4.62. The van der Waals surface area contributed by atoms with Gasteiger partial charge in [0.05, 0.1) is 5.69 Å². The fourth-order valence-corrected chi connectivity index (χ4v) is 3.52. The number of benzene rings is 2. The Hall–Kier alpha value is -4.52. The van der Waals surface area contributed by atoms with Crippen molar-refractivity contribution in [3.63, 3.8) is 0 Å². The van der Waals surface area contributed by atoms with E-state index in [1.807, 2.05) is 62.5 Å². The number of hydrogen-bond acceptors (Lipinski definition) is 4. The van der Waals surface area contributed by atoms with Crippen LogP contribution in [0.2, 0.25) is 0 Å². The van der Waals surface area contributed by atoms with E-state index in [0.29, 0.717) is 23.7 Å². The van der Waals surface area contributed by atoms with E-state index in [2.05, 4.69) is 15.6 Å². The van der Waals surface area contributed by atoms with Gasteiger partial charge < -0.3 is 10.6 Å². The Morgan fingerprint density at radius 3 is 2.31 bits per heavy atom. The van der Waals surface area contributed by atoms with E-state index in [0.717, 1.165) is 22.5 Å². The van der Waals surface area contributed by atoms with Crippen LogP contribution in [0.25, 0.3) is 23.0 Å². The van der Waals surface area contributed by atoms with Crippen LogP contribution in [-0.4, -0.2) is 26.6 Å². The van der Waals surface area contributed by atoms with Crippen molar-refractivity contribution in [2.45, 2.75) is 20.3 Å². The molecule has 0 aliphatic carbocycles. The number of anilines is 2. The predicted octanol–water partition coefficient (Wildman–Crippen LogP) is 5.57. The van der Waals surface area contributed by atoms with Crippen LogP contribution in [0.1, 0.15) is 25.8 Å². The molecule has 176 valence electrons. The second kappa shape index (κ2) is 11.1. The number of para-hydroxylation sites is 1. The number of nitrogens with one attached hydrogen (secondary N) is 2. The molecule has 2 heterocycles. The van der Waals surface area contributed by atoms with Crippen molar-refractivity contribution in [1.82, 2.24) is 14.8 Å². The highest BCUT2D eigenvalue weighted by atomic mass is 16.2. The number of carbonyl (C=O) groups excluding carboxylic acids is 2. The molecule has 2 aromatic carbocycles. The maximum Gasteiger partial charge on any atom is 0.248 e. The summed E-state index contributed by atoms with van der Waals surface area (Å²) in [5.74, 6) is -0.00908. The Morgan fingerprint density at radius 1 is 0.943 bits per heavy atom. The van der Waals surface area contributed by atoms with Gasteiger partial charge in [-0.1, -0.05) is 32.0 Å². The summed E-state index contributed by atoms with van der Waals surface area (Å²) < 4.78 is 1.78. The maximum absolute atomic E-state index is 12.6. The van der Waals surface area contributed by atoms with E-state index >= 15 is 0 Å². The van der Waals surface area contributed by atoms with E-state index in [1.165, 1.54) is 6.08 Å². The lowest BCUT2D eigenvalue weighted by molar-refractivity contribution is -0.117. The second-order valence-electron chi connectivity index (χ2n) is 8.50. The first-order chi connectivity index (χ1) is 17.0. The first-order valence-electron chi connectivity index (χ1n) is 11.4. The summed E-state index contributed by atoms with van der Waals surface area (Å²) in [6, 6.07) is 20.6. The van der Waals surface area contributed by atoms with Crippen LogP contribution in [0.3, 0.4) is 0 Å². The van der Waals surface area contributed by atoms with E-state index < -0.39 is 0 Å². The fraction of sp³-hybridized carbons (Fsp3) is 0.143. The zero-order chi connectivity index (χ0) is 24.6. The van der Waals surface area contributed by atoms with Crippen molar-refractivity contribution in [2.24, 2.45) is 5.92 Å². The number of hydrogen-bond donors (Lipinski definition) is 2. The van der Waals surface area contributed by atoms with Crippen molar-refractivity contribution in [3.8, 4) is 16.9 Å². The van der Waals surface area contributed by atoms with Gasteiger partial charge in [0.1, 0.15) is 5.69 Å². The smallest absolute Gasteiger partial charge is 0.248 e. The van der Waals surface area contributed by atoms with Crippen LogP contribution in [0.4, 0.5) is 11.4 Å². The van der Waals surface area contributed by atoms with E-state index in [1.54, 1.807) is 47.4 Å². The highest BCUT2D eigenvalue weighted by Gasteiger charge is 2.11. The van der Waals surface area contributed by atoms with Crippen molar-refractivity contribution in [2.75, 3.05) is 10.6 Å². The molecule has 0 unspecified atom stereocenters. The number of nitrogens with zero attached hydrogens (tertiary/aromatic N) is 3. The van der Waals surface area contributed by atoms with E-state index in [-0.39, 0.29) is 11.8 Å². The monoisotopic (exact) mass is 465 g/mol. The van der Waals surface area contributed by atoms with Gasteiger partial charge in [-0.15, -0.1) is 0 Å². The summed E-state index contributed by atoms with van der Waals surface area (Å²) in [6.07, 6.45) is 9.02. The number of aromatic nitrogens is 3. The third-order valence-corrected chi connectivity index (χ3v) is 5.14. The third-order valence-electron chi connectivity index (χ3n) is 5.14. The number of carbonyl (C=O) groups is 2. The highest BCUT2D eigenvalue weighted by Crippen LogP contribution is 2.24. The van der Waals surface area contributed by atoms with Crippen LogP contribution in [-0.2, 0) is 9.59 Å². The Labute approximate surface area is 204 Å². The Kier molecular flexibility index (Phi) is 7.47. The van der Waals surface area contributed by atoms with Gasteiger partial charge in [0.25, 0.3) is 0 Å². The van der Waals surface area contributed by atoms with Crippen LogP contribution < -0.4 is 10.6 Å². The topological polar surface area (TPSA) is 88.9 Å². The lowest BCUT2D eigenvalue weighted by Crippen LogP contribution is -2.14. The van der Waals surface area contributed by atoms with E-state index in [4.69, 9.17) is 5.10 Å². The van der Waals surface area contributed by atoms with E-state index in [9.17, 15) is 9.59 Å². The van der Waals surface area contributed by atoms with Crippen molar-refractivity contribution >= 4 is 29.3 Å². The molecule has 4 aromatic rings. The van der Waals surface area contributed by atoms with Crippen LogP contribution in [0.15, 0.2) is 91.4 Å². The lowest BCUT2D eigenvalue weighted by Gasteiger charge is -2.08. The van der Waals surface area contributed by atoms with Crippen molar-refractivity contribution in [3.05, 3.63) is 97.0 Å². The zero-order valence-corrected chi connectivity index (χ0v) is 19.7. The summed E-state index contributed by atoms with van der Waals surface area (Å²) >= 11 is 0. The first-order valence-corrected chi connectivity index (χ1v) is 11.4. The molecule has 0 fully saturated rings. The molecule has 7 nitrogen and oxygen atoms in total. The van der Waals surface area contributed by atoms with Gasteiger partial charge in [0.2, 0.25) is 11.8 Å². The molecule has 7 heteroatoms. The van der Waals surface area contributed by atoms with Crippen LogP contribution in [0, 0.1) is 5.92 Å². The second-order valence-corrected chi connectivity index (χ2v) is 8.50. The molecule has 35 heavy (non-hydrogen) atoms. The Bertz CT molecular complexity index is 1310. The summed E-state index contributed by atoms with van der Waals surface area (Å²) in [6.45, 7) is 4.00. The zero-order valence-electron chi connectivity index (χ0n) is 19.7. The van der Waals surface area contributed by atoms with Gasteiger partial charge in [-0.25, -0.2) is 4.68 Å². The van der Waals surface area contributed by atoms with Crippen molar-refractivity contribution in [1.29, 1.82) is 0 Å². The van der Waals surface area contributed by atoms with Gasteiger partial charge in [-0.2, -0.15) is 5.10 Å². The molecule has 0 saturated carbocycles. The molecular formula is C28H27N5O2. The summed E-state index contributed by atoms with van der Waals surface area (Å²) in [7, 11) is 0. The lowest BCUT2D eigenvalue weighted by atomic mass is 10.1. The predicted molar refractivity (Wildman–Crippen MR) is 139 cm³/mol. The molecule has 2 amide bonds. The highest BCUT2D eigenvalue weighted by molar-refractivity contribution is 6.02. The average molecular weight is 466 g/mol. The molecule has 2 N–H and O–H groups in total. The van der Waals surface area contributed by atoms with Crippen molar-refractivity contribution < 1.29 is 9.59 Å². The van der Waals surface area contributed by atoms with Crippen LogP contribution >= 0.6 is 0 Å². The Balaban J connectivity index is 1.48. The number of rotatable bonds is 8. The maximum atomic E-state index is 12.6. The standard InChI is InChI=1S/C28H27N5O2/c1-20(2)17-27(35)31-24-13-11-23(12-14-24)30-26(34)15-10-22-19-33(25-8-4-3-5-9-25)32-28(22)21-7-6-16-29-18-21/h3-16,18-20H,17H2,1-2H3,(H,30,34)(H,31,35)/b15-10+. The number of amides is 2. The molecule has 0 spiro atoms. The van der Waals surface area contributed by atoms with Gasteiger partial charge in [0.15, 0.2) is 0 Å². The Morgan fingerprint density at radius 2 is 1.66 bits per heavy atom. The molecule has 0 saturated heterocycles. The number of pyridine rings is 1. The minimum absolute atomic E-state index is 0.0276. The molecule has 2 aromatic heterocycles. The molecule has 0 bridgehead atoms. The normalized spacial score (nSPS) is 11.1. The molecular weight excluding hydrogens is 438 g/mol. The SMILES string of the molecule is CC(C)CC(=O)Nc1ccc(NC(=O)/C=C/c2cn(-c3ccccc3)nc2-c2cccnc2)cc1. The molecule has 0 aliphatic heterocycles.